The maximum Gasteiger partial charge on any atom is 0.410 e. The highest BCUT2D eigenvalue weighted by molar-refractivity contribution is 5.68. The van der Waals surface area contributed by atoms with Crippen molar-refractivity contribution in [2.45, 2.75) is 46.1 Å². The molecule has 3 heteroatoms. The van der Waals surface area contributed by atoms with E-state index in [0.29, 0.717) is 0 Å². The molecular formula is C11H20NO2. The molecule has 1 heterocycles. The van der Waals surface area contributed by atoms with E-state index >= 15 is 0 Å². The van der Waals surface area contributed by atoms with Gasteiger partial charge in [-0.25, -0.2) is 4.79 Å². The molecule has 14 heavy (non-hydrogen) atoms. The molecule has 0 aromatic heterocycles. The number of rotatable bonds is 0. The molecule has 0 saturated carbocycles. The fourth-order valence-corrected chi connectivity index (χ4v) is 1.54. The number of hydrogen-bond acceptors (Lipinski definition) is 2. The largest absolute Gasteiger partial charge is 0.444 e. The lowest BCUT2D eigenvalue weighted by atomic mass is 10.0. The normalized spacial score (nSPS) is 19.6. The Kier molecular flexibility index (Phi) is 3.40. The summed E-state index contributed by atoms with van der Waals surface area (Å²) in [5.74, 6) is 1.36. The second kappa shape index (κ2) is 4.20. The molecule has 1 aliphatic heterocycles. The van der Waals surface area contributed by atoms with Gasteiger partial charge in [0, 0.05) is 13.1 Å². The number of piperidine rings is 1. The molecule has 0 aromatic carbocycles. The van der Waals surface area contributed by atoms with Gasteiger partial charge in [0.1, 0.15) is 5.60 Å². The minimum absolute atomic E-state index is 0.184. The zero-order valence-corrected chi connectivity index (χ0v) is 9.59. The second-order valence-electron chi connectivity index (χ2n) is 4.96. The molecule has 81 valence electrons. The van der Waals surface area contributed by atoms with E-state index in [-0.39, 0.29) is 11.7 Å². The molecule has 3 nitrogen and oxygen atoms in total. The van der Waals surface area contributed by atoms with Gasteiger partial charge in [0.15, 0.2) is 0 Å². The Morgan fingerprint density at radius 2 is 2.07 bits per heavy atom. The Morgan fingerprint density at radius 3 is 2.57 bits per heavy atom. The number of hydrogen-bond donors (Lipinski definition) is 0. The highest BCUT2D eigenvalue weighted by Gasteiger charge is 2.25. The Labute approximate surface area is 86.4 Å². The van der Waals surface area contributed by atoms with Crippen LogP contribution in [0.3, 0.4) is 0 Å². The van der Waals surface area contributed by atoms with Gasteiger partial charge in [0.05, 0.1) is 0 Å². The molecule has 0 unspecified atom stereocenters. The lowest BCUT2D eigenvalue weighted by Crippen LogP contribution is -2.41. The van der Waals surface area contributed by atoms with Crippen LogP contribution in [0.15, 0.2) is 0 Å². The first-order chi connectivity index (χ1) is 6.38. The quantitative estimate of drug-likeness (QED) is 0.598. The molecule has 1 fully saturated rings. The zero-order valence-electron chi connectivity index (χ0n) is 9.59. The van der Waals surface area contributed by atoms with Gasteiger partial charge in [-0.05, 0) is 39.5 Å². The van der Waals surface area contributed by atoms with Crippen molar-refractivity contribution in [3.05, 3.63) is 5.92 Å². The predicted molar refractivity (Wildman–Crippen MR) is 56.0 cm³/mol. The van der Waals surface area contributed by atoms with E-state index in [1.54, 1.807) is 4.90 Å². The van der Waals surface area contributed by atoms with Crippen LogP contribution in [0, 0.1) is 5.92 Å². The molecule has 0 aliphatic carbocycles. The van der Waals surface area contributed by atoms with Crippen molar-refractivity contribution in [2.24, 2.45) is 0 Å². The van der Waals surface area contributed by atoms with E-state index < -0.39 is 0 Å². The van der Waals surface area contributed by atoms with Crippen molar-refractivity contribution in [1.29, 1.82) is 0 Å². The average molecular weight is 198 g/mol. The van der Waals surface area contributed by atoms with E-state index in [2.05, 4.69) is 6.92 Å². The maximum atomic E-state index is 11.6. The molecule has 1 rings (SSSR count). The number of nitrogens with zero attached hydrogens (tertiary/aromatic N) is 1. The summed E-state index contributed by atoms with van der Waals surface area (Å²) in [6, 6.07) is 0. The van der Waals surface area contributed by atoms with Crippen LogP contribution in [0.25, 0.3) is 0 Å². The van der Waals surface area contributed by atoms with Crippen LogP contribution in [-0.2, 0) is 4.74 Å². The predicted octanol–water partition coefficient (Wildman–Crippen LogP) is 2.61. The van der Waals surface area contributed by atoms with Gasteiger partial charge in [-0.15, -0.1) is 0 Å². The van der Waals surface area contributed by atoms with Crippen LogP contribution in [0.2, 0.25) is 0 Å². The highest BCUT2D eigenvalue weighted by atomic mass is 16.6. The number of carbonyl (C=O) groups is 1. The molecule has 0 bridgehead atoms. The van der Waals surface area contributed by atoms with Crippen molar-refractivity contribution in [1.82, 2.24) is 4.90 Å². The Balaban J connectivity index is 2.44. The van der Waals surface area contributed by atoms with Crippen LogP contribution in [0.5, 0.6) is 0 Å². The molecule has 1 aliphatic rings. The first-order valence-corrected chi connectivity index (χ1v) is 5.18. The van der Waals surface area contributed by atoms with E-state index in [0.717, 1.165) is 25.9 Å². The van der Waals surface area contributed by atoms with Crippen molar-refractivity contribution in [3.8, 4) is 0 Å². The SMILES string of the molecule is C[C]1CCCN(C(=O)OC(C)(C)C)C1. The lowest BCUT2D eigenvalue weighted by Gasteiger charge is -2.32. The minimum Gasteiger partial charge on any atom is -0.444 e. The molecule has 0 aromatic rings. The van der Waals surface area contributed by atoms with Gasteiger partial charge in [0.25, 0.3) is 0 Å². The van der Waals surface area contributed by atoms with Crippen molar-refractivity contribution < 1.29 is 9.53 Å². The summed E-state index contributed by atoms with van der Waals surface area (Å²) in [6.45, 7) is 9.36. The van der Waals surface area contributed by atoms with E-state index in [4.69, 9.17) is 4.74 Å². The Bertz CT molecular complexity index is 208. The first kappa shape index (κ1) is 11.3. The fraction of sp³-hybridized carbons (Fsp3) is 0.818. The van der Waals surface area contributed by atoms with Gasteiger partial charge in [-0.2, -0.15) is 0 Å². The van der Waals surface area contributed by atoms with Gasteiger partial charge in [-0.1, -0.05) is 6.92 Å². The highest BCUT2D eigenvalue weighted by Crippen LogP contribution is 2.19. The topological polar surface area (TPSA) is 29.5 Å². The van der Waals surface area contributed by atoms with Crippen LogP contribution in [0.4, 0.5) is 4.79 Å². The number of likely N-dealkylation sites (tertiary alicyclic amines) is 1. The standard InChI is InChI=1S/C11H20NO2/c1-9-6-5-7-12(8-9)10(13)14-11(2,3)4/h5-8H2,1-4H3. The number of ether oxygens (including phenoxy) is 1. The van der Waals surface area contributed by atoms with Crippen molar-refractivity contribution in [3.63, 3.8) is 0 Å². The summed E-state index contributed by atoms with van der Waals surface area (Å²) in [5, 5.41) is 0. The second-order valence-corrected chi connectivity index (χ2v) is 4.96. The Morgan fingerprint density at radius 1 is 1.43 bits per heavy atom. The summed E-state index contributed by atoms with van der Waals surface area (Å²) < 4.78 is 5.30. The third-order valence-corrected chi connectivity index (χ3v) is 2.14. The van der Waals surface area contributed by atoms with Crippen molar-refractivity contribution >= 4 is 6.09 Å². The summed E-state index contributed by atoms with van der Waals surface area (Å²) in [7, 11) is 0. The number of carbonyl (C=O) groups excluding carboxylic acids is 1. The molecule has 1 radical (unpaired) electrons. The molecule has 0 spiro atoms. The first-order valence-electron chi connectivity index (χ1n) is 5.18. The smallest absolute Gasteiger partial charge is 0.410 e. The van der Waals surface area contributed by atoms with Gasteiger partial charge in [-0.3, -0.25) is 0 Å². The van der Waals surface area contributed by atoms with Gasteiger partial charge in [0.2, 0.25) is 0 Å². The van der Waals surface area contributed by atoms with E-state index in [1.807, 2.05) is 20.8 Å². The lowest BCUT2D eigenvalue weighted by molar-refractivity contribution is 0.0231. The Hall–Kier alpha value is -0.730. The molecular weight excluding hydrogens is 178 g/mol. The van der Waals surface area contributed by atoms with Crippen LogP contribution < -0.4 is 0 Å². The maximum absolute atomic E-state index is 11.6. The molecule has 0 N–H and O–H groups in total. The molecule has 0 atom stereocenters. The van der Waals surface area contributed by atoms with Crippen LogP contribution in [0.1, 0.15) is 40.5 Å². The van der Waals surface area contributed by atoms with E-state index in [1.165, 1.54) is 5.92 Å². The third kappa shape index (κ3) is 3.56. The summed E-state index contributed by atoms with van der Waals surface area (Å²) in [5.41, 5.74) is -0.386. The fourth-order valence-electron chi connectivity index (χ4n) is 1.54. The average Bonchev–Trinajstić information content (AvgIpc) is 2.01. The monoisotopic (exact) mass is 198 g/mol. The minimum atomic E-state index is -0.386. The van der Waals surface area contributed by atoms with Gasteiger partial charge < -0.3 is 9.64 Å². The van der Waals surface area contributed by atoms with E-state index in [9.17, 15) is 4.79 Å². The zero-order chi connectivity index (χ0) is 10.8. The third-order valence-electron chi connectivity index (χ3n) is 2.14. The van der Waals surface area contributed by atoms with Gasteiger partial charge >= 0.3 is 6.09 Å². The summed E-state index contributed by atoms with van der Waals surface area (Å²) in [4.78, 5) is 13.4. The number of amides is 1. The summed E-state index contributed by atoms with van der Waals surface area (Å²) >= 11 is 0. The van der Waals surface area contributed by atoms with Crippen LogP contribution >= 0.6 is 0 Å². The van der Waals surface area contributed by atoms with Crippen LogP contribution in [-0.4, -0.2) is 29.7 Å². The molecule has 1 amide bonds. The molecule has 1 saturated heterocycles. The summed E-state index contributed by atoms with van der Waals surface area (Å²) in [6.07, 6.45) is 2.02. The van der Waals surface area contributed by atoms with Crippen molar-refractivity contribution in [2.75, 3.05) is 13.1 Å².